The van der Waals surface area contributed by atoms with E-state index in [2.05, 4.69) is 17.9 Å². The molecular formula is C14H15N3O. The first-order chi connectivity index (χ1) is 8.74. The summed E-state index contributed by atoms with van der Waals surface area (Å²) in [7, 11) is 0. The van der Waals surface area contributed by atoms with E-state index in [9.17, 15) is 0 Å². The molecule has 0 radical (unpaired) electrons. The molecule has 0 unspecified atom stereocenters. The van der Waals surface area contributed by atoms with Gasteiger partial charge in [0.2, 0.25) is 0 Å². The number of rotatable bonds is 4. The molecule has 0 amide bonds. The van der Waals surface area contributed by atoms with Crippen molar-refractivity contribution in [3.8, 4) is 6.07 Å². The summed E-state index contributed by atoms with van der Waals surface area (Å²) in [4.78, 5) is 2.11. The second-order valence-electron chi connectivity index (χ2n) is 3.98. The predicted molar refractivity (Wildman–Crippen MR) is 71.0 cm³/mol. The number of nitrogens with two attached hydrogens (primary N) is 1. The third kappa shape index (κ3) is 2.46. The van der Waals surface area contributed by atoms with Gasteiger partial charge in [0.1, 0.15) is 5.76 Å². The Bertz CT molecular complexity index is 555. The van der Waals surface area contributed by atoms with Gasteiger partial charge in [-0.1, -0.05) is 0 Å². The molecule has 1 aromatic carbocycles. The first kappa shape index (κ1) is 12.1. The van der Waals surface area contributed by atoms with Crippen LogP contribution < -0.4 is 10.6 Å². The van der Waals surface area contributed by atoms with Crippen molar-refractivity contribution in [1.29, 1.82) is 5.26 Å². The molecule has 0 atom stereocenters. The highest BCUT2D eigenvalue weighted by atomic mass is 16.3. The highest BCUT2D eigenvalue weighted by Gasteiger charge is 2.10. The predicted octanol–water partition coefficient (Wildman–Crippen LogP) is 2.76. The van der Waals surface area contributed by atoms with Crippen LogP contribution in [0.2, 0.25) is 0 Å². The van der Waals surface area contributed by atoms with Crippen molar-refractivity contribution in [1.82, 2.24) is 0 Å². The molecule has 92 valence electrons. The van der Waals surface area contributed by atoms with Crippen LogP contribution in [0.3, 0.4) is 0 Å². The molecule has 0 saturated carbocycles. The number of nitrogen functional groups attached to an aromatic ring is 1. The van der Waals surface area contributed by atoms with E-state index in [0.29, 0.717) is 17.8 Å². The lowest BCUT2D eigenvalue weighted by molar-refractivity contribution is 0.504. The Morgan fingerprint density at radius 1 is 1.39 bits per heavy atom. The molecule has 2 N–H and O–H groups in total. The Kier molecular flexibility index (Phi) is 3.54. The standard InChI is InChI=1S/C14H15N3O/c1-2-17(10-12-4-3-7-18-12)14-6-5-11(9-15)8-13(14)16/h3-8H,2,10,16H2,1H3. The smallest absolute Gasteiger partial charge is 0.123 e. The third-order valence-corrected chi connectivity index (χ3v) is 2.81. The number of anilines is 2. The lowest BCUT2D eigenvalue weighted by Crippen LogP contribution is -2.22. The maximum absolute atomic E-state index is 8.82. The summed E-state index contributed by atoms with van der Waals surface area (Å²) in [6.07, 6.45) is 1.66. The molecule has 0 aliphatic rings. The van der Waals surface area contributed by atoms with Crippen LogP contribution >= 0.6 is 0 Å². The highest BCUT2D eigenvalue weighted by Crippen LogP contribution is 2.25. The number of furan rings is 1. The summed E-state index contributed by atoms with van der Waals surface area (Å²) >= 11 is 0. The Labute approximate surface area is 106 Å². The molecule has 4 heteroatoms. The second kappa shape index (κ2) is 5.28. The molecule has 0 aliphatic heterocycles. The number of nitriles is 1. The first-order valence-electron chi connectivity index (χ1n) is 5.81. The minimum Gasteiger partial charge on any atom is -0.467 e. The van der Waals surface area contributed by atoms with Gasteiger partial charge in [-0.3, -0.25) is 0 Å². The second-order valence-corrected chi connectivity index (χ2v) is 3.98. The van der Waals surface area contributed by atoms with E-state index >= 15 is 0 Å². The Morgan fingerprint density at radius 3 is 2.78 bits per heavy atom. The fourth-order valence-electron chi connectivity index (χ4n) is 1.87. The number of benzene rings is 1. The van der Waals surface area contributed by atoms with Crippen molar-refractivity contribution in [2.75, 3.05) is 17.2 Å². The van der Waals surface area contributed by atoms with E-state index in [1.165, 1.54) is 0 Å². The van der Waals surface area contributed by atoms with Gasteiger partial charge in [-0.25, -0.2) is 0 Å². The van der Waals surface area contributed by atoms with Crippen LogP contribution in [0, 0.1) is 11.3 Å². The summed E-state index contributed by atoms with van der Waals surface area (Å²) < 4.78 is 5.34. The molecule has 1 heterocycles. The minimum atomic E-state index is 0.574. The minimum absolute atomic E-state index is 0.574. The molecule has 2 aromatic rings. The number of nitrogens with zero attached hydrogens (tertiary/aromatic N) is 2. The summed E-state index contributed by atoms with van der Waals surface area (Å²) in [6, 6.07) is 11.2. The summed E-state index contributed by atoms with van der Waals surface area (Å²) in [5, 5.41) is 8.82. The highest BCUT2D eigenvalue weighted by molar-refractivity contribution is 5.69. The van der Waals surface area contributed by atoms with Crippen LogP contribution in [0.25, 0.3) is 0 Å². The van der Waals surface area contributed by atoms with Gasteiger partial charge in [-0.15, -0.1) is 0 Å². The number of hydrogen-bond acceptors (Lipinski definition) is 4. The zero-order valence-electron chi connectivity index (χ0n) is 10.3. The summed E-state index contributed by atoms with van der Waals surface area (Å²) in [5.41, 5.74) is 8.09. The van der Waals surface area contributed by atoms with Gasteiger partial charge in [0, 0.05) is 6.54 Å². The first-order valence-corrected chi connectivity index (χ1v) is 5.81. The maximum atomic E-state index is 8.82. The normalized spacial score (nSPS) is 10.0. The van der Waals surface area contributed by atoms with Crippen LogP contribution in [0.1, 0.15) is 18.2 Å². The van der Waals surface area contributed by atoms with Crippen molar-refractivity contribution < 1.29 is 4.42 Å². The monoisotopic (exact) mass is 241 g/mol. The van der Waals surface area contributed by atoms with Crippen molar-refractivity contribution >= 4 is 11.4 Å². The van der Waals surface area contributed by atoms with E-state index in [4.69, 9.17) is 15.4 Å². The van der Waals surface area contributed by atoms with Crippen molar-refractivity contribution in [3.63, 3.8) is 0 Å². The molecule has 18 heavy (non-hydrogen) atoms. The average Bonchev–Trinajstić information content (AvgIpc) is 2.89. The Balaban J connectivity index is 2.25. The van der Waals surface area contributed by atoms with E-state index in [1.807, 2.05) is 18.2 Å². The molecule has 0 aliphatic carbocycles. The van der Waals surface area contributed by atoms with Crippen LogP contribution in [0.5, 0.6) is 0 Å². The van der Waals surface area contributed by atoms with Crippen LogP contribution in [0.15, 0.2) is 41.0 Å². The summed E-state index contributed by atoms with van der Waals surface area (Å²) in [6.45, 7) is 3.54. The average molecular weight is 241 g/mol. The molecule has 0 fully saturated rings. The molecule has 0 spiro atoms. The van der Waals surface area contributed by atoms with Gasteiger partial charge < -0.3 is 15.1 Å². The molecular weight excluding hydrogens is 226 g/mol. The third-order valence-electron chi connectivity index (χ3n) is 2.81. The molecule has 0 bridgehead atoms. The van der Waals surface area contributed by atoms with Crippen molar-refractivity contribution in [2.45, 2.75) is 13.5 Å². The number of hydrogen-bond donors (Lipinski definition) is 1. The Morgan fingerprint density at radius 2 is 2.22 bits per heavy atom. The Hall–Kier alpha value is -2.41. The van der Waals surface area contributed by atoms with Gasteiger partial charge in [0.05, 0.1) is 35.8 Å². The van der Waals surface area contributed by atoms with Gasteiger partial charge in [0.15, 0.2) is 0 Å². The fourth-order valence-corrected chi connectivity index (χ4v) is 1.87. The van der Waals surface area contributed by atoms with Gasteiger partial charge in [-0.2, -0.15) is 5.26 Å². The fraction of sp³-hybridized carbons (Fsp3) is 0.214. The largest absolute Gasteiger partial charge is 0.467 e. The van der Waals surface area contributed by atoms with E-state index in [1.54, 1.807) is 18.4 Å². The molecule has 2 rings (SSSR count). The van der Waals surface area contributed by atoms with Crippen molar-refractivity contribution in [2.24, 2.45) is 0 Å². The zero-order chi connectivity index (χ0) is 13.0. The molecule has 4 nitrogen and oxygen atoms in total. The lowest BCUT2D eigenvalue weighted by Gasteiger charge is -2.23. The van der Waals surface area contributed by atoms with Crippen LogP contribution in [0.4, 0.5) is 11.4 Å². The van der Waals surface area contributed by atoms with Crippen LogP contribution in [-0.2, 0) is 6.54 Å². The lowest BCUT2D eigenvalue weighted by atomic mass is 10.1. The van der Waals surface area contributed by atoms with E-state index in [0.717, 1.165) is 18.0 Å². The van der Waals surface area contributed by atoms with Crippen molar-refractivity contribution in [3.05, 3.63) is 47.9 Å². The van der Waals surface area contributed by atoms with E-state index in [-0.39, 0.29) is 0 Å². The summed E-state index contributed by atoms with van der Waals surface area (Å²) in [5.74, 6) is 0.889. The zero-order valence-corrected chi connectivity index (χ0v) is 10.3. The SMILES string of the molecule is CCN(Cc1ccco1)c1ccc(C#N)cc1N. The topological polar surface area (TPSA) is 66.2 Å². The molecule has 1 aromatic heterocycles. The van der Waals surface area contributed by atoms with Gasteiger partial charge >= 0.3 is 0 Å². The van der Waals surface area contributed by atoms with Gasteiger partial charge in [0.25, 0.3) is 0 Å². The van der Waals surface area contributed by atoms with E-state index < -0.39 is 0 Å². The van der Waals surface area contributed by atoms with Crippen LogP contribution in [-0.4, -0.2) is 6.54 Å². The van der Waals surface area contributed by atoms with Gasteiger partial charge in [-0.05, 0) is 37.3 Å². The maximum Gasteiger partial charge on any atom is 0.123 e. The molecule has 0 saturated heterocycles. The quantitative estimate of drug-likeness (QED) is 0.836.